The molecule has 0 radical (unpaired) electrons. The quantitative estimate of drug-likeness (QED) is 0.651. The highest BCUT2D eigenvalue weighted by atomic mass is 32.2. The highest BCUT2D eigenvalue weighted by Gasteiger charge is 2.35. The topological polar surface area (TPSA) is 94.5 Å². The van der Waals surface area contributed by atoms with E-state index in [1.807, 2.05) is 25.1 Å². The molecule has 30 heavy (non-hydrogen) atoms. The third kappa shape index (κ3) is 5.48. The smallest absolute Gasteiger partial charge is 0.250 e. The number of aryl methyl sites for hydroxylation is 1. The number of nitrogens with zero attached hydrogens (tertiary/aromatic N) is 2. The van der Waals surface area contributed by atoms with Gasteiger partial charge in [-0.15, -0.1) is 0 Å². The molecule has 1 saturated carbocycles. The molecule has 0 aliphatic heterocycles. The lowest BCUT2D eigenvalue weighted by Gasteiger charge is -2.10. The Morgan fingerprint density at radius 3 is 2.60 bits per heavy atom. The van der Waals surface area contributed by atoms with Gasteiger partial charge in [-0.25, -0.2) is 8.42 Å². The first-order chi connectivity index (χ1) is 14.2. The molecule has 0 bridgehead atoms. The zero-order chi connectivity index (χ0) is 21.9. The average Bonchev–Trinajstić information content (AvgIpc) is 3.51. The van der Waals surface area contributed by atoms with Crippen LogP contribution in [0.25, 0.3) is 5.57 Å². The van der Waals surface area contributed by atoms with E-state index >= 15 is 0 Å². The molecule has 0 amide bonds. The van der Waals surface area contributed by atoms with Crippen LogP contribution in [0.4, 0.5) is 5.69 Å². The van der Waals surface area contributed by atoms with E-state index in [2.05, 4.69) is 18.8 Å². The van der Waals surface area contributed by atoms with Gasteiger partial charge in [-0.3, -0.25) is 9.79 Å². The Bertz CT molecular complexity index is 1140. The van der Waals surface area contributed by atoms with Crippen LogP contribution in [0, 0.1) is 12.8 Å². The molecule has 2 aromatic rings. The molecule has 1 aromatic heterocycles. The summed E-state index contributed by atoms with van der Waals surface area (Å²) < 4.78 is 26.2. The van der Waals surface area contributed by atoms with Crippen LogP contribution in [0.5, 0.6) is 0 Å². The zero-order valence-corrected chi connectivity index (χ0v) is 18.5. The minimum absolute atomic E-state index is 0.0511. The SMILES string of the molecule is Cc1cc(CS(=O)(=O)C2CC2)ccc1C(C=Nc1ccc(=O)n(CC(C)C)c1)=CN. The van der Waals surface area contributed by atoms with Gasteiger partial charge in [0.25, 0.3) is 5.56 Å². The first-order valence-electron chi connectivity index (χ1n) is 10.2. The summed E-state index contributed by atoms with van der Waals surface area (Å²) in [6.07, 6.45) is 6.45. The number of sulfone groups is 1. The van der Waals surface area contributed by atoms with E-state index in [1.165, 1.54) is 12.3 Å². The number of hydrogen-bond donors (Lipinski definition) is 1. The molecule has 0 saturated heterocycles. The summed E-state index contributed by atoms with van der Waals surface area (Å²) in [5.41, 5.74) is 9.80. The van der Waals surface area contributed by atoms with E-state index < -0.39 is 9.84 Å². The minimum Gasteiger partial charge on any atom is -0.404 e. The van der Waals surface area contributed by atoms with Gasteiger partial charge in [0.2, 0.25) is 0 Å². The van der Waals surface area contributed by atoms with Crippen molar-refractivity contribution in [1.29, 1.82) is 0 Å². The summed E-state index contributed by atoms with van der Waals surface area (Å²) in [5, 5.41) is -0.164. The molecular weight excluding hydrogens is 398 g/mol. The highest BCUT2D eigenvalue weighted by molar-refractivity contribution is 7.91. The van der Waals surface area contributed by atoms with Crippen molar-refractivity contribution in [2.45, 2.75) is 51.2 Å². The van der Waals surface area contributed by atoms with E-state index in [1.54, 1.807) is 23.0 Å². The number of hydrogen-bond acceptors (Lipinski definition) is 5. The van der Waals surface area contributed by atoms with Crippen molar-refractivity contribution >= 4 is 27.3 Å². The Hall–Kier alpha value is -2.67. The van der Waals surface area contributed by atoms with Gasteiger partial charge in [0.05, 0.1) is 16.7 Å². The van der Waals surface area contributed by atoms with E-state index in [0.717, 1.165) is 35.1 Å². The van der Waals surface area contributed by atoms with Crippen LogP contribution in [0.1, 0.15) is 43.4 Å². The normalized spacial score (nSPS) is 15.3. The molecule has 0 atom stereocenters. The van der Waals surface area contributed by atoms with Gasteiger partial charge in [-0.05, 0) is 48.4 Å². The van der Waals surface area contributed by atoms with Gasteiger partial charge in [-0.2, -0.15) is 0 Å². The molecule has 3 rings (SSSR count). The molecule has 1 heterocycles. The number of nitrogens with two attached hydrogens (primary N) is 1. The van der Waals surface area contributed by atoms with Crippen LogP contribution in [-0.4, -0.2) is 24.4 Å². The molecule has 0 unspecified atom stereocenters. The first kappa shape index (κ1) is 22.0. The van der Waals surface area contributed by atoms with Gasteiger partial charge >= 0.3 is 0 Å². The second-order valence-electron chi connectivity index (χ2n) is 8.31. The Balaban J connectivity index is 1.80. The fraction of sp³-hybridized carbons (Fsp3) is 0.391. The molecule has 1 aromatic carbocycles. The summed E-state index contributed by atoms with van der Waals surface area (Å²) in [5.74, 6) is 0.428. The Kier molecular flexibility index (Phi) is 6.61. The van der Waals surface area contributed by atoms with Gasteiger partial charge in [0.15, 0.2) is 9.84 Å². The van der Waals surface area contributed by atoms with Gasteiger partial charge in [0, 0.05) is 36.8 Å². The lowest BCUT2D eigenvalue weighted by atomic mass is 10.00. The molecule has 1 aliphatic carbocycles. The molecule has 1 aliphatic rings. The molecule has 1 fully saturated rings. The minimum atomic E-state index is -3.05. The van der Waals surface area contributed by atoms with Crippen molar-refractivity contribution in [3.63, 3.8) is 0 Å². The zero-order valence-electron chi connectivity index (χ0n) is 17.7. The maximum atomic E-state index is 12.2. The standard InChI is InChI=1S/C23H29N3O3S/c1-16(2)13-26-14-20(5-9-23(26)27)25-12-19(11-24)22-8-4-18(10-17(22)3)15-30(28,29)21-6-7-21/h4-5,8-12,14,16,21H,6-7,13,15,24H2,1-3H3. The summed E-state index contributed by atoms with van der Waals surface area (Å²) in [6, 6.07) is 8.82. The second kappa shape index (κ2) is 9.00. The number of aromatic nitrogens is 1. The van der Waals surface area contributed by atoms with Crippen LogP contribution in [-0.2, 0) is 22.1 Å². The van der Waals surface area contributed by atoms with Crippen molar-refractivity contribution in [2.75, 3.05) is 0 Å². The second-order valence-corrected chi connectivity index (χ2v) is 10.6. The Labute approximate surface area is 178 Å². The summed E-state index contributed by atoms with van der Waals surface area (Å²) in [6.45, 7) is 6.68. The summed E-state index contributed by atoms with van der Waals surface area (Å²) >= 11 is 0. The van der Waals surface area contributed by atoms with Crippen molar-refractivity contribution in [2.24, 2.45) is 16.6 Å². The maximum Gasteiger partial charge on any atom is 0.250 e. The molecule has 160 valence electrons. The lowest BCUT2D eigenvalue weighted by Crippen LogP contribution is -2.20. The van der Waals surface area contributed by atoms with Crippen LogP contribution in [0.2, 0.25) is 0 Å². The molecule has 0 spiro atoms. The number of benzene rings is 1. The Morgan fingerprint density at radius 2 is 2.00 bits per heavy atom. The van der Waals surface area contributed by atoms with Gasteiger partial charge in [0.1, 0.15) is 0 Å². The molecule has 6 nitrogen and oxygen atoms in total. The first-order valence-corrected chi connectivity index (χ1v) is 11.9. The predicted octanol–water partition coefficient (Wildman–Crippen LogP) is 3.59. The van der Waals surface area contributed by atoms with Crippen LogP contribution in [0.15, 0.2) is 52.5 Å². The summed E-state index contributed by atoms with van der Waals surface area (Å²) in [7, 11) is -3.05. The summed E-state index contributed by atoms with van der Waals surface area (Å²) in [4.78, 5) is 16.5. The largest absolute Gasteiger partial charge is 0.404 e. The maximum absolute atomic E-state index is 12.2. The fourth-order valence-electron chi connectivity index (χ4n) is 3.39. The molecule has 2 N–H and O–H groups in total. The van der Waals surface area contributed by atoms with Crippen molar-refractivity contribution in [3.05, 3.63) is 69.8 Å². The highest BCUT2D eigenvalue weighted by Crippen LogP contribution is 2.31. The average molecular weight is 428 g/mol. The van der Waals surface area contributed by atoms with Crippen molar-refractivity contribution in [1.82, 2.24) is 4.57 Å². The third-order valence-corrected chi connectivity index (χ3v) is 7.29. The van der Waals surface area contributed by atoms with E-state index in [-0.39, 0.29) is 16.6 Å². The molecular formula is C23H29N3O3S. The number of allylic oxidation sites excluding steroid dienone is 1. The fourth-order valence-corrected chi connectivity index (χ4v) is 5.13. The number of aliphatic imine (C=N–C) groups is 1. The third-order valence-electron chi connectivity index (χ3n) is 5.06. The van der Waals surface area contributed by atoms with Crippen molar-refractivity contribution < 1.29 is 8.42 Å². The van der Waals surface area contributed by atoms with E-state index in [9.17, 15) is 13.2 Å². The number of pyridine rings is 1. The lowest BCUT2D eigenvalue weighted by molar-refractivity contribution is 0.511. The van der Waals surface area contributed by atoms with Crippen LogP contribution >= 0.6 is 0 Å². The van der Waals surface area contributed by atoms with Crippen LogP contribution < -0.4 is 11.3 Å². The predicted molar refractivity (Wildman–Crippen MR) is 123 cm³/mol. The number of rotatable bonds is 8. The Morgan fingerprint density at radius 1 is 1.27 bits per heavy atom. The van der Waals surface area contributed by atoms with Gasteiger partial charge < -0.3 is 10.3 Å². The molecule has 7 heteroatoms. The van der Waals surface area contributed by atoms with Crippen molar-refractivity contribution in [3.8, 4) is 0 Å². The van der Waals surface area contributed by atoms with E-state index in [4.69, 9.17) is 5.73 Å². The van der Waals surface area contributed by atoms with Crippen LogP contribution in [0.3, 0.4) is 0 Å². The van der Waals surface area contributed by atoms with Gasteiger partial charge in [-0.1, -0.05) is 32.0 Å². The van der Waals surface area contributed by atoms with E-state index in [0.29, 0.717) is 18.2 Å². The monoisotopic (exact) mass is 427 g/mol.